The van der Waals surface area contributed by atoms with Gasteiger partial charge in [-0.05, 0) is 19.3 Å². The lowest BCUT2D eigenvalue weighted by Crippen LogP contribution is -2.03. The monoisotopic (exact) mass is 209 g/mol. The van der Waals surface area contributed by atoms with Crippen LogP contribution in [0.2, 0.25) is 0 Å². The molecule has 0 spiro atoms. The third-order valence-corrected chi connectivity index (χ3v) is 2.39. The quantitative estimate of drug-likeness (QED) is 0.397. The smallest absolute Gasteiger partial charge is 0.332 e. The van der Waals surface area contributed by atoms with Gasteiger partial charge >= 0.3 is 5.97 Å². The van der Waals surface area contributed by atoms with Gasteiger partial charge in [0.25, 0.3) is 0 Å². The van der Waals surface area contributed by atoms with Gasteiger partial charge in [0.1, 0.15) is 0 Å². The van der Waals surface area contributed by atoms with Crippen molar-refractivity contribution in [1.29, 1.82) is 5.26 Å². The normalized spacial score (nSPS) is 11.8. The van der Waals surface area contributed by atoms with Crippen molar-refractivity contribution in [3.63, 3.8) is 0 Å². The number of carbonyl (C=O) groups is 1. The van der Waals surface area contributed by atoms with E-state index in [1.54, 1.807) is 6.92 Å². The van der Waals surface area contributed by atoms with Crippen molar-refractivity contribution in [3.8, 4) is 6.07 Å². The predicted molar refractivity (Wildman–Crippen MR) is 59.3 cm³/mol. The second-order valence-electron chi connectivity index (χ2n) is 3.54. The summed E-state index contributed by atoms with van der Waals surface area (Å²) in [4.78, 5) is 10.8. The van der Waals surface area contributed by atoms with E-state index >= 15 is 0 Å². The van der Waals surface area contributed by atoms with Crippen LogP contribution in [-0.4, -0.2) is 11.1 Å². The second kappa shape index (κ2) is 8.05. The lowest BCUT2D eigenvalue weighted by atomic mass is 10.0. The SMILES string of the molecule is CCCCCC/C(C#N)=C(/CC)C(=O)O. The van der Waals surface area contributed by atoms with Crippen molar-refractivity contribution in [2.45, 2.75) is 52.4 Å². The predicted octanol–water partition coefficient (Wildman–Crippen LogP) is 3.27. The Balaban J connectivity index is 4.34. The van der Waals surface area contributed by atoms with Crippen LogP contribution < -0.4 is 0 Å². The van der Waals surface area contributed by atoms with Crippen LogP contribution in [0.25, 0.3) is 0 Å². The topological polar surface area (TPSA) is 61.1 Å². The molecule has 0 bridgehead atoms. The Morgan fingerprint density at radius 2 is 1.93 bits per heavy atom. The summed E-state index contributed by atoms with van der Waals surface area (Å²) in [5.41, 5.74) is 0.718. The van der Waals surface area contributed by atoms with Gasteiger partial charge in [0.05, 0.1) is 11.6 Å². The van der Waals surface area contributed by atoms with Crippen molar-refractivity contribution in [3.05, 3.63) is 11.1 Å². The molecule has 0 unspecified atom stereocenters. The number of rotatable bonds is 7. The van der Waals surface area contributed by atoms with Crippen molar-refractivity contribution in [2.75, 3.05) is 0 Å². The maximum Gasteiger partial charge on any atom is 0.332 e. The molecule has 3 heteroatoms. The number of unbranched alkanes of at least 4 members (excludes halogenated alkanes) is 3. The zero-order chi connectivity index (χ0) is 11.7. The molecule has 0 aromatic rings. The minimum absolute atomic E-state index is 0.272. The third-order valence-electron chi connectivity index (χ3n) is 2.39. The van der Waals surface area contributed by atoms with E-state index in [1.165, 1.54) is 0 Å². The van der Waals surface area contributed by atoms with Crippen molar-refractivity contribution < 1.29 is 9.90 Å². The maximum atomic E-state index is 10.8. The van der Waals surface area contributed by atoms with Crippen LogP contribution >= 0.6 is 0 Å². The van der Waals surface area contributed by atoms with E-state index in [0.29, 0.717) is 18.4 Å². The van der Waals surface area contributed by atoms with Crippen LogP contribution in [0.5, 0.6) is 0 Å². The fourth-order valence-corrected chi connectivity index (χ4v) is 1.50. The molecule has 0 amide bonds. The molecule has 84 valence electrons. The fraction of sp³-hybridized carbons (Fsp3) is 0.667. The van der Waals surface area contributed by atoms with Gasteiger partial charge in [0.15, 0.2) is 0 Å². The minimum atomic E-state index is -0.954. The first kappa shape index (κ1) is 13.7. The van der Waals surface area contributed by atoms with Crippen LogP contribution in [0.3, 0.4) is 0 Å². The summed E-state index contributed by atoms with van der Waals surface area (Å²) in [6.45, 7) is 3.89. The van der Waals surface area contributed by atoms with E-state index in [-0.39, 0.29) is 5.57 Å². The molecule has 0 saturated heterocycles. The molecule has 0 atom stereocenters. The molecule has 0 heterocycles. The number of carboxylic acid groups (broad SMARTS) is 1. The number of hydrogen-bond acceptors (Lipinski definition) is 2. The molecule has 0 radical (unpaired) electrons. The lowest BCUT2D eigenvalue weighted by Gasteiger charge is -2.03. The van der Waals surface area contributed by atoms with Gasteiger partial charge in [-0.3, -0.25) is 0 Å². The Labute approximate surface area is 91.4 Å². The van der Waals surface area contributed by atoms with Gasteiger partial charge in [0.2, 0.25) is 0 Å². The molecule has 0 aliphatic carbocycles. The molecule has 0 aromatic heterocycles. The van der Waals surface area contributed by atoms with Gasteiger partial charge in [-0.15, -0.1) is 0 Å². The number of allylic oxidation sites excluding steroid dienone is 1. The minimum Gasteiger partial charge on any atom is -0.478 e. The molecule has 15 heavy (non-hydrogen) atoms. The fourth-order valence-electron chi connectivity index (χ4n) is 1.50. The number of nitriles is 1. The number of aliphatic carboxylic acids is 1. The maximum absolute atomic E-state index is 10.8. The van der Waals surface area contributed by atoms with Gasteiger partial charge in [-0.1, -0.05) is 33.1 Å². The van der Waals surface area contributed by atoms with E-state index in [4.69, 9.17) is 10.4 Å². The number of carboxylic acids is 1. The Hall–Kier alpha value is -1.30. The summed E-state index contributed by atoms with van der Waals surface area (Å²) < 4.78 is 0. The Morgan fingerprint density at radius 1 is 1.27 bits per heavy atom. The zero-order valence-electron chi connectivity index (χ0n) is 9.55. The molecule has 0 saturated carbocycles. The first-order valence-electron chi connectivity index (χ1n) is 5.52. The molecule has 0 rings (SSSR count). The first-order chi connectivity index (χ1) is 7.17. The molecule has 3 nitrogen and oxygen atoms in total. The molecular weight excluding hydrogens is 190 g/mol. The highest BCUT2D eigenvalue weighted by molar-refractivity contribution is 5.88. The van der Waals surface area contributed by atoms with Crippen LogP contribution in [0, 0.1) is 11.3 Å². The van der Waals surface area contributed by atoms with Gasteiger partial charge in [0, 0.05) is 5.57 Å². The van der Waals surface area contributed by atoms with Crippen LogP contribution in [-0.2, 0) is 4.79 Å². The van der Waals surface area contributed by atoms with Crippen molar-refractivity contribution >= 4 is 5.97 Å². The molecule has 0 fully saturated rings. The highest BCUT2D eigenvalue weighted by Gasteiger charge is 2.11. The summed E-state index contributed by atoms with van der Waals surface area (Å²) >= 11 is 0. The summed E-state index contributed by atoms with van der Waals surface area (Å²) in [5, 5.41) is 17.7. The van der Waals surface area contributed by atoms with E-state index < -0.39 is 5.97 Å². The molecule has 0 aromatic carbocycles. The van der Waals surface area contributed by atoms with Crippen LogP contribution in [0.15, 0.2) is 11.1 Å². The summed E-state index contributed by atoms with van der Waals surface area (Å²) in [6, 6.07) is 2.01. The van der Waals surface area contributed by atoms with E-state index in [2.05, 4.69) is 6.92 Å². The van der Waals surface area contributed by atoms with Gasteiger partial charge in [-0.25, -0.2) is 4.79 Å². The van der Waals surface area contributed by atoms with E-state index in [0.717, 1.165) is 25.7 Å². The zero-order valence-corrected chi connectivity index (χ0v) is 9.55. The van der Waals surface area contributed by atoms with Crippen molar-refractivity contribution in [2.24, 2.45) is 0 Å². The molecule has 0 aliphatic heterocycles. The largest absolute Gasteiger partial charge is 0.478 e. The van der Waals surface area contributed by atoms with Crippen LogP contribution in [0.1, 0.15) is 52.4 Å². The summed E-state index contributed by atoms with van der Waals surface area (Å²) in [5.74, 6) is -0.954. The average Bonchev–Trinajstić information content (AvgIpc) is 2.22. The Morgan fingerprint density at radius 3 is 2.33 bits per heavy atom. The standard InChI is InChI=1S/C12H19NO2/c1-3-5-6-7-8-10(9-13)11(4-2)12(14)15/h3-8H2,1-2H3,(H,14,15)/b11-10+. The second-order valence-corrected chi connectivity index (χ2v) is 3.54. The van der Waals surface area contributed by atoms with E-state index in [1.807, 2.05) is 6.07 Å². The number of nitrogens with zero attached hydrogens (tertiary/aromatic N) is 1. The molecular formula is C12H19NO2. The average molecular weight is 209 g/mol. The van der Waals surface area contributed by atoms with Gasteiger partial charge < -0.3 is 5.11 Å². The third kappa shape index (κ3) is 5.21. The Kier molecular flexibility index (Phi) is 7.35. The van der Waals surface area contributed by atoms with Crippen LogP contribution in [0.4, 0.5) is 0 Å². The first-order valence-corrected chi connectivity index (χ1v) is 5.52. The summed E-state index contributed by atoms with van der Waals surface area (Å²) in [7, 11) is 0. The Bertz CT molecular complexity index is 274. The van der Waals surface area contributed by atoms with Crippen molar-refractivity contribution in [1.82, 2.24) is 0 Å². The molecule has 0 aliphatic rings. The summed E-state index contributed by atoms with van der Waals surface area (Å²) in [6.07, 6.45) is 5.29. The lowest BCUT2D eigenvalue weighted by molar-refractivity contribution is -0.132. The molecule has 1 N–H and O–H groups in total. The number of hydrogen-bond donors (Lipinski definition) is 1. The van der Waals surface area contributed by atoms with E-state index in [9.17, 15) is 4.79 Å². The highest BCUT2D eigenvalue weighted by Crippen LogP contribution is 2.16. The van der Waals surface area contributed by atoms with Gasteiger partial charge in [-0.2, -0.15) is 5.26 Å². The highest BCUT2D eigenvalue weighted by atomic mass is 16.4.